The van der Waals surface area contributed by atoms with Crippen LogP contribution in [-0.4, -0.2) is 22.5 Å². The molecular weight excluding hydrogens is 404 g/mol. The van der Waals surface area contributed by atoms with Crippen LogP contribution in [0, 0.1) is 28.4 Å². The Balaban J connectivity index is 1.79. The molecule has 2 aromatic rings. The smallest absolute Gasteiger partial charge is 0.269 e. The van der Waals surface area contributed by atoms with Gasteiger partial charge in [0.1, 0.15) is 0 Å². The summed E-state index contributed by atoms with van der Waals surface area (Å²) >= 11 is 1.05. The van der Waals surface area contributed by atoms with Crippen molar-refractivity contribution in [2.24, 2.45) is 0 Å². The topological polar surface area (TPSA) is 125 Å². The number of hydrogen-bond donors (Lipinski definition) is 2. The summed E-state index contributed by atoms with van der Waals surface area (Å²) < 4.78 is 0. The highest BCUT2D eigenvalue weighted by Gasteiger charge is 2.30. The van der Waals surface area contributed by atoms with Gasteiger partial charge in [-0.3, -0.25) is 19.7 Å². The molecule has 2 amide bonds. The fourth-order valence-electron chi connectivity index (χ4n) is 3.13. The first kappa shape index (κ1) is 21.1. The predicted octanol–water partition coefficient (Wildman–Crippen LogP) is 3.61. The Kier molecular flexibility index (Phi) is 6.49. The van der Waals surface area contributed by atoms with Crippen molar-refractivity contribution in [2.45, 2.75) is 19.3 Å². The molecule has 2 aromatic carbocycles. The summed E-state index contributed by atoms with van der Waals surface area (Å²) in [5.74, 6) is -1.20. The Morgan fingerprint density at radius 2 is 2.10 bits per heavy atom. The molecule has 0 fully saturated rings. The minimum absolute atomic E-state index is 0.00358. The number of hydrogen-bond acceptors (Lipinski definition) is 6. The first-order valence-corrected chi connectivity index (χ1v) is 10.0. The van der Waals surface area contributed by atoms with Crippen LogP contribution in [0.2, 0.25) is 0 Å². The van der Waals surface area contributed by atoms with Crippen molar-refractivity contribution in [3.8, 4) is 6.07 Å². The zero-order valence-corrected chi connectivity index (χ0v) is 16.9. The predicted molar refractivity (Wildman–Crippen MR) is 114 cm³/mol. The van der Waals surface area contributed by atoms with Gasteiger partial charge in [0, 0.05) is 30.2 Å². The van der Waals surface area contributed by atoms with Gasteiger partial charge in [-0.05, 0) is 30.2 Å². The van der Waals surface area contributed by atoms with Crippen molar-refractivity contribution in [1.29, 1.82) is 5.26 Å². The Hall–Kier alpha value is -3.64. The number of allylic oxidation sites excluding steroid dienone is 1. The van der Waals surface area contributed by atoms with Crippen LogP contribution in [0.5, 0.6) is 0 Å². The van der Waals surface area contributed by atoms with E-state index in [0.29, 0.717) is 16.3 Å². The van der Waals surface area contributed by atoms with Gasteiger partial charge in [0.05, 0.1) is 27.3 Å². The van der Waals surface area contributed by atoms with E-state index in [0.717, 1.165) is 17.3 Å². The highest BCUT2D eigenvalue weighted by molar-refractivity contribution is 8.03. The summed E-state index contributed by atoms with van der Waals surface area (Å²) in [5.41, 5.74) is 2.36. The van der Waals surface area contributed by atoms with Gasteiger partial charge < -0.3 is 10.6 Å². The van der Waals surface area contributed by atoms with Crippen LogP contribution in [-0.2, 0) is 9.59 Å². The number of thioether (sulfide) groups is 1. The number of carbonyl (C=O) groups excluding carboxylic acids is 2. The molecule has 3 rings (SSSR count). The summed E-state index contributed by atoms with van der Waals surface area (Å²) in [5, 5.41) is 26.5. The van der Waals surface area contributed by atoms with E-state index in [-0.39, 0.29) is 35.2 Å². The number of non-ortho nitro benzene ring substituents is 1. The van der Waals surface area contributed by atoms with Gasteiger partial charge in [0.25, 0.3) is 5.69 Å². The minimum Gasteiger partial charge on any atom is -0.325 e. The molecule has 2 N–H and O–H groups in total. The molecular formula is C21H18N4O4S. The fraction of sp³-hybridized carbons (Fsp3) is 0.190. The number of nitrogens with one attached hydrogen (secondary N) is 2. The van der Waals surface area contributed by atoms with Crippen molar-refractivity contribution < 1.29 is 14.5 Å². The summed E-state index contributed by atoms with van der Waals surface area (Å²) in [4.78, 5) is 35.0. The highest BCUT2D eigenvalue weighted by atomic mass is 32.2. The Labute approximate surface area is 177 Å². The Morgan fingerprint density at radius 1 is 1.33 bits per heavy atom. The largest absolute Gasteiger partial charge is 0.325 e. The minimum atomic E-state index is -0.606. The monoisotopic (exact) mass is 422 g/mol. The van der Waals surface area contributed by atoms with Crippen LogP contribution in [0.25, 0.3) is 0 Å². The molecule has 1 heterocycles. The molecule has 0 bridgehead atoms. The van der Waals surface area contributed by atoms with Gasteiger partial charge in [0.2, 0.25) is 11.8 Å². The normalized spacial score (nSPS) is 15.9. The van der Waals surface area contributed by atoms with E-state index in [1.54, 1.807) is 12.1 Å². The molecule has 8 nitrogen and oxygen atoms in total. The number of rotatable bonds is 6. The molecule has 0 aliphatic carbocycles. The van der Waals surface area contributed by atoms with E-state index in [9.17, 15) is 25.0 Å². The number of aryl methyl sites for hydroxylation is 1. The molecule has 0 radical (unpaired) electrons. The highest BCUT2D eigenvalue weighted by Crippen LogP contribution is 2.36. The average Bonchev–Trinajstić information content (AvgIpc) is 2.72. The number of amides is 2. The maximum atomic E-state index is 12.3. The maximum Gasteiger partial charge on any atom is 0.269 e. The van der Waals surface area contributed by atoms with Crippen molar-refractivity contribution in [1.82, 2.24) is 5.32 Å². The number of anilines is 1. The molecule has 0 aromatic heterocycles. The van der Waals surface area contributed by atoms with E-state index >= 15 is 0 Å². The summed E-state index contributed by atoms with van der Waals surface area (Å²) in [6, 6.07) is 15.4. The lowest BCUT2D eigenvalue weighted by Gasteiger charge is -2.24. The van der Waals surface area contributed by atoms with Crippen LogP contribution in [0.4, 0.5) is 11.4 Å². The standard InChI is InChI=1S/C21H18N4O4S/c1-13-4-2-6-15(8-13)23-20(27)12-30-21-18(11-22)17(10-19(26)24-21)14-5-3-7-16(9-14)25(28)29/h2-9,17H,10,12H2,1H3,(H,23,27)(H,24,26). The van der Waals surface area contributed by atoms with Crippen LogP contribution in [0.1, 0.15) is 23.5 Å². The number of nitro groups is 1. The summed E-state index contributed by atoms with van der Waals surface area (Å²) in [6.07, 6.45) is 0.00358. The molecule has 30 heavy (non-hydrogen) atoms. The Morgan fingerprint density at radius 3 is 2.80 bits per heavy atom. The molecule has 1 unspecified atom stereocenters. The second-order valence-corrected chi connectivity index (χ2v) is 7.70. The van der Waals surface area contributed by atoms with Crippen LogP contribution in [0.15, 0.2) is 59.1 Å². The second-order valence-electron chi connectivity index (χ2n) is 6.72. The molecule has 1 aliphatic heterocycles. The summed E-state index contributed by atoms with van der Waals surface area (Å²) in [7, 11) is 0. The molecule has 152 valence electrons. The van der Waals surface area contributed by atoms with Crippen molar-refractivity contribution in [2.75, 3.05) is 11.1 Å². The number of nitriles is 1. The van der Waals surface area contributed by atoms with Crippen LogP contribution < -0.4 is 10.6 Å². The number of nitro benzene ring substituents is 1. The molecule has 1 aliphatic rings. The zero-order valence-electron chi connectivity index (χ0n) is 16.0. The van der Waals surface area contributed by atoms with Crippen molar-refractivity contribution >= 4 is 35.0 Å². The van der Waals surface area contributed by atoms with E-state index in [2.05, 4.69) is 16.7 Å². The van der Waals surface area contributed by atoms with Gasteiger partial charge in [-0.15, -0.1) is 0 Å². The number of benzene rings is 2. The van der Waals surface area contributed by atoms with Gasteiger partial charge in [0.15, 0.2) is 0 Å². The third-order valence-corrected chi connectivity index (χ3v) is 5.51. The second kappa shape index (κ2) is 9.24. The van der Waals surface area contributed by atoms with E-state index < -0.39 is 10.8 Å². The van der Waals surface area contributed by atoms with Gasteiger partial charge in [-0.1, -0.05) is 36.0 Å². The van der Waals surface area contributed by atoms with Gasteiger partial charge >= 0.3 is 0 Å². The quantitative estimate of drug-likeness (QED) is 0.541. The third kappa shape index (κ3) is 5.04. The van der Waals surface area contributed by atoms with Crippen LogP contribution >= 0.6 is 11.8 Å². The molecule has 0 saturated carbocycles. The van der Waals surface area contributed by atoms with E-state index in [1.807, 2.05) is 25.1 Å². The third-order valence-electron chi connectivity index (χ3n) is 4.49. The number of carbonyl (C=O) groups is 2. The number of nitrogens with zero attached hydrogens (tertiary/aromatic N) is 2. The zero-order chi connectivity index (χ0) is 21.7. The molecule has 1 atom stereocenters. The summed E-state index contributed by atoms with van der Waals surface area (Å²) in [6.45, 7) is 1.92. The van der Waals surface area contributed by atoms with Gasteiger partial charge in [-0.2, -0.15) is 5.26 Å². The maximum absolute atomic E-state index is 12.3. The van der Waals surface area contributed by atoms with Crippen LogP contribution in [0.3, 0.4) is 0 Å². The lowest BCUT2D eigenvalue weighted by atomic mass is 9.87. The Bertz CT molecular complexity index is 1090. The molecule has 0 spiro atoms. The SMILES string of the molecule is Cc1cccc(NC(=O)CSC2=C(C#N)C(c3cccc([N+](=O)[O-])c3)CC(=O)N2)c1. The lowest BCUT2D eigenvalue weighted by molar-refractivity contribution is -0.384. The van der Waals surface area contributed by atoms with Crippen molar-refractivity contribution in [3.05, 3.63) is 80.4 Å². The van der Waals surface area contributed by atoms with Gasteiger partial charge in [-0.25, -0.2) is 0 Å². The van der Waals surface area contributed by atoms with Crippen molar-refractivity contribution in [3.63, 3.8) is 0 Å². The fourth-order valence-corrected chi connectivity index (χ4v) is 4.01. The first-order valence-electron chi connectivity index (χ1n) is 9.05. The molecule has 0 saturated heterocycles. The van der Waals surface area contributed by atoms with E-state index in [1.165, 1.54) is 18.2 Å². The average molecular weight is 422 g/mol. The first-order chi connectivity index (χ1) is 14.4. The van der Waals surface area contributed by atoms with E-state index in [4.69, 9.17) is 0 Å². The lowest BCUT2D eigenvalue weighted by Crippen LogP contribution is -2.31. The molecule has 9 heteroatoms.